The maximum atomic E-state index is 5.42. The number of rotatable bonds is 4. The highest BCUT2D eigenvalue weighted by Crippen LogP contribution is 2.33. The van der Waals surface area contributed by atoms with Gasteiger partial charge >= 0.3 is 0 Å². The normalized spacial score (nSPS) is 15.6. The Labute approximate surface area is 160 Å². The average Bonchev–Trinajstić information content (AvgIpc) is 3.27. The zero-order valence-electron chi connectivity index (χ0n) is 15.0. The van der Waals surface area contributed by atoms with Gasteiger partial charge < -0.3 is 10.2 Å². The molecule has 3 aromatic heterocycles. The lowest BCUT2D eigenvalue weighted by Crippen LogP contribution is -2.19. The molecule has 0 saturated carbocycles. The van der Waals surface area contributed by atoms with Crippen LogP contribution in [-0.4, -0.2) is 26.3 Å². The van der Waals surface area contributed by atoms with Gasteiger partial charge in [0.25, 0.3) is 0 Å². The molecule has 8 heteroatoms. The standard InChI is InChI=1S/C18H19N5OS2/c1-10-16(26-11(2)20-10)14-9-25-17(21-14)22-15-6-5-12(8-19-15)13-7-18(3,4)24-23-13/h5-6,8-9H,7H2,1-4H3,(H,19,21,22). The van der Waals surface area contributed by atoms with Crippen LogP contribution in [0.4, 0.5) is 10.9 Å². The third-order valence-electron chi connectivity index (χ3n) is 3.97. The maximum Gasteiger partial charge on any atom is 0.188 e. The number of hydrogen-bond acceptors (Lipinski definition) is 8. The molecule has 0 amide bonds. The molecule has 1 N–H and O–H groups in total. The van der Waals surface area contributed by atoms with Crippen molar-refractivity contribution in [2.24, 2.45) is 5.16 Å². The van der Waals surface area contributed by atoms with Crippen molar-refractivity contribution in [2.75, 3.05) is 5.32 Å². The van der Waals surface area contributed by atoms with Gasteiger partial charge in [-0.1, -0.05) is 5.16 Å². The summed E-state index contributed by atoms with van der Waals surface area (Å²) in [5.74, 6) is 0.755. The summed E-state index contributed by atoms with van der Waals surface area (Å²) in [5.41, 5.74) is 3.65. The largest absolute Gasteiger partial charge is 0.389 e. The first-order valence-electron chi connectivity index (χ1n) is 8.28. The summed E-state index contributed by atoms with van der Waals surface area (Å²) in [6, 6.07) is 3.94. The first kappa shape index (κ1) is 17.1. The number of hydrogen-bond donors (Lipinski definition) is 1. The van der Waals surface area contributed by atoms with E-state index < -0.39 is 0 Å². The smallest absolute Gasteiger partial charge is 0.188 e. The van der Waals surface area contributed by atoms with E-state index in [9.17, 15) is 0 Å². The molecule has 6 nitrogen and oxygen atoms in total. The average molecular weight is 386 g/mol. The van der Waals surface area contributed by atoms with E-state index in [0.29, 0.717) is 0 Å². The number of aryl methyl sites for hydroxylation is 2. The fraction of sp³-hybridized carbons (Fsp3) is 0.333. The highest BCUT2D eigenvalue weighted by molar-refractivity contribution is 7.16. The molecular formula is C18H19N5OS2. The maximum absolute atomic E-state index is 5.42. The van der Waals surface area contributed by atoms with Crippen LogP contribution in [0.15, 0.2) is 28.9 Å². The van der Waals surface area contributed by atoms with Crippen molar-refractivity contribution in [3.05, 3.63) is 40.0 Å². The Balaban J connectivity index is 1.48. The fourth-order valence-corrected chi connectivity index (χ4v) is 4.42. The van der Waals surface area contributed by atoms with Crippen LogP contribution in [0.5, 0.6) is 0 Å². The Morgan fingerprint density at radius 3 is 2.65 bits per heavy atom. The molecule has 0 aliphatic carbocycles. The minimum absolute atomic E-state index is 0.239. The Morgan fingerprint density at radius 2 is 2.04 bits per heavy atom. The van der Waals surface area contributed by atoms with Crippen molar-refractivity contribution in [3.8, 4) is 10.6 Å². The molecule has 1 aliphatic rings. The van der Waals surface area contributed by atoms with Gasteiger partial charge in [-0.2, -0.15) is 0 Å². The summed E-state index contributed by atoms with van der Waals surface area (Å²) >= 11 is 3.23. The van der Waals surface area contributed by atoms with Crippen molar-refractivity contribution in [2.45, 2.75) is 39.7 Å². The molecule has 134 valence electrons. The summed E-state index contributed by atoms with van der Waals surface area (Å²) < 4.78 is 0. The van der Waals surface area contributed by atoms with Crippen LogP contribution in [0, 0.1) is 13.8 Å². The Hall–Kier alpha value is -2.32. The van der Waals surface area contributed by atoms with E-state index in [2.05, 4.69) is 25.4 Å². The predicted octanol–water partition coefficient (Wildman–Crippen LogP) is 4.93. The number of aromatic nitrogens is 3. The van der Waals surface area contributed by atoms with Gasteiger partial charge in [0.15, 0.2) is 5.13 Å². The van der Waals surface area contributed by atoms with Gasteiger partial charge in [0.2, 0.25) is 0 Å². The van der Waals surface area contributed by atoms with Gasteiger partial charge in [-0.25, -0.2) is 15.0 Å². The molecular weight excluding hydrogens is 366 g/mol. The van der Waals surface area contributed by atoms with E-state index >= 15 is 0 Å². The number of thiazole rings is 2. The molecule has 0 fully saturated rings. The zero-order valence-corrected chi connectivity index (χ0v) is 16.7. The van der Waals surface area contributed by atoms with E-state index in [-0.39, 0.29) is 5.60 Å². The van der Waals surface area contributed by atoms with Gasteiger partial charge in [-0.3, -0.25) is 0 Å². The van der Waals surface area contributed by atoms with E-state index in [1.54, 1.807) is 22.7 Å². The molecule has 1 aliphatic heterocycles. The molecule has 0 aromatic carbocycles. The number of nitrogens with zero attached hydrogens (tertiary/aromatic N) is 4. The van der Waals surface area contributed by atoms with Crippen molar-refractivity contribution in [3.63, 3.8) is 0 Å². The van der Waals surface area contributed by atoms with Crippen LogP contribution in [0.1, 0.15) is 36.5 Å². The van der Waals surface area contributed by atoms with E-state index in [0.717, 1.165) is 49.9 Å². The third kappa shape index (κ3) is 3.47. The second-order valence-electron chi connectivity index (χ2n) is 6.81. The van der Waals surface area contributed by atoms with Gasteiger partial charge in [0.05, 0.1) is 27.0 Å². The number of nitrogens with one attached hydrogen (secondary N) is 1. The molecule has 3 aromatic rings. The lowest BCUT2D eigenvalue weighted by molar-refractivity contribution is 0.0123. The van der Waals surface area contributed by atoms with Gasteiger partial charge in [-0.15, -0.1) is 22.7 Å². The number of anilines is 2. The summed E-state index contributed by atoms with van der Waals surface area (Å²) in [6.45, 7) is 8.08. The Bertz CT molecular complexity index is 972. The van der Waals surface area contributed by atoms with Crippen LogP contribution < -0.4 is 5.32 Å². The van der Waals surface area contributed by atoms with Gasteiger partial charge in [0, 0.05) is 23.6 Å². The van der Waals surface area contributed by atoms with Crippen LogP contribution in [-0.2, 0) is 4.84 Å². The molecule has 0 radical (unpaired) electrons. The number of pyridine rings is 1. The fourth-order valence-electron chi connectivity index (χ4n) is 2.75. The topological polar surface area (TPSA) is 72.3 Å². The third-order valence-corrected chi connectivity index (χ3v) is 5.82. The van der Waals surface area contributed by atoms with Gasteiger partial charge in [-0.05, 0) is 39.8 Å². The molecule has 4 rings (SSSR count). The summed E-state index contributed by atoms with van der Waals surface area (Å²) in [5, 5.41) is 11.3. The van der Waals surface area contributed by atoms with Crippen LogP contribution in [0.2, 0.25) is 0 Å². The molecule has 0 atom stereocenters. The number of oxime groups is 1. The second kappa shape index (κ2) is 6.44. The Kier molecular flexibility index (Phi) is 4.24. The van der Waals surface area contributed by atoms with Crippen LogP contribution >= 0.6 is 22.7 Å². The highest BCUT2D eigenvalue weighted by Gasteiger charge is 2.29. The lowest BCUT2D eigenvalue weighted by atomic mass is 9.99. The van der Waals surface area contributed by atoms with Crippen LogP contribution in [0.25, 0.3) is 10.6 Å². The summed E-state index contributed by atoms with van der Waals surface area (Å²) in [6.07, 6.45) is 2.60. The first-order chi connectivity index (χ1) is 12.4. The molecule has 0 bridgehead atoms. The zero-order chi connectivity index (χ0) is 18.3. The van der Waals surface area contributed by atoms with Crippen molar-refractivity contribution in [1.82, 2.24) is 15.0 Å². The molecule has 0 saturated heterocycles. The van der Waals surface area contributed by atoms with E-state index in [4.69, 9.17) is 4.84 Å². The monoisotopic (exact) mass is 385 g/mol. The lowest BCUT2D eigenvalue weighted by Gasteiger charge is -2.13. The van der Waals surface area contributed by atoms with Gasteiger partial charge in [0.1, 0.15) is 11.4 Å². The molecule has 0 spiro atoms. The van der Waals surface area contributed by atoms with Crippen molar-refractivity contribution < 1.29 is 4.84 Å². The van der Waals surface area contributed by atoms with E-state index in [1.165, 1.54) is 0 Å². The Morgan fingerprint density at radius 1 is 1.19 bits per heavy atom. The summed E-state index contributed by atoms with van der Waals surface area (Å²) in [7, 11) is 0. The molecule has 4 heterocycles. The minimum Gasteiger partial charge on any atom is -0.389 e. The minimum atomic E-state index is -0.239. The highest BCUT2D eigenvalue weighted by atomic mass is 32.1. The summed E-state index contributed by atoms with van der Waals surface area (Å²) in [4.78, 5) is 20.2. The first-order valence-corrected chi connectivity index (χ1v) is 9.98. The SMILES string of the molecule is Cc1nc(C)c(-c2csc(Nc3ccc(C4=NOC(C)(C)C4)cn3)n2)s1. The van der Waals surface area contributed by atoms with Crippen LogP contribution in [0.3, 0.4) is 0 Å². The van der Waals surface area contributed by atoms with E-state index in [1.807, 2.05) is 51.4 Å². The van der Waals surface area contributed by atoms with Crippen molar-refractivity contribution in [1.29, 1.82) is 0 Å². The predicted molar refractivity (Wildman–Crippen MR) is 107 cm³/mol. The van der Waals surface area contributed by atoms with Crippen molar-refractivity contribution >= 4 is 39.3 Å². The second-order valence-corrected chi connectivity index (χ2v) is 8.87. The molecule has 0 unspecified atom stereocenters. The molecule has 26 heavy (non-hydrogen) atoms. The quantitative estimate of drug-likeness (QED) is 0.690.